The fourth-order valence-corrected chi connectivity index (χ4v) is 1.95. The summed E-state index contributed by atoms with van der Waals surface area (Å²) in [5.41, 5.74) is 1.00. The average molecular weight is 437 g/mol. The Kier molecular flexibility index (Phi) is 22.5. The molecule has 0 spiro atoms. The number of hydrogen-bond donors (Lipinski definition) is 0. The predicted octanol–water partition coefficient (Wildman–Crippen LogP) is 9.68. The molecule has 2 rings (SSSR count). The molecule has 2 aliphatic carbocycles. The highest BCUT2D eigenvalue weighted by atomic mass is 19.3. The Morgan fingerprint density at radius 3 is 1.29 bits per heavy atom. The normalized spacial score (nSPS) is 17.0. The zero-order valence-electron chi connectivity index (χ0n) is 22.1. The summed E-state index contributed by atoms with van der Waals surface area (Å²) in [6, 6.07) is 0. The maximum absolute atomic E-state index is 12.5. The van der Waals surface area contributed by atoms with Crippen LogP contribution in [0.5, 0.6) is 0 Å². The second-order valence-electron chi connectivity index (χ2n) is 11.1. The minimum atomic E-state index is -2.71. The van der Waals surface area contributed by atoms with Gasteiger partial charge in [0.2, 0.25) is 0 Å². The van der Waals surface area contributed by atoms with Crippen molar-refractivity contribution >= 4 is 0 Å². The molecular formula is C29H50F2. The Balaban J connectivity index is -0.000000337. The van der Waals surface area contributed by atoms with E-state index in [1.54, 1.807) is 6.92 Å². The predicted molar refractivity (Wildman–Crippen MR) is 136 cm³/mol. The Morgan fingerprint density at radius 1 is 0.645 bits per heavy atom. The fraction of sp³-hybridized carbons (Fsp3) is 0.793. The van der Waals surface area contributed by atoms with Crippen molar-refractivity contribution < 1.29 is 8.78 Å². The molecule has 0 aromatic rings. The first-order valence-corrected chi connectivity index (χ1v) is 11.8. The van der Waals surface area contributed by atoms with Crippen molar-refractivity contribution in [1.29, 1.82) is 0 Å². The summed E-state index contributed by atoms with van der Waals surface area (Å²) in [5.74, 6) is 10.3. The van der Waals surface area contributed by atoms with E-state index in [2.05, 4.69) is 85.5 Å². The second-order valence-corrected chi connectivity index (χ2v) is 11.1. The molecule has 0 fully saturated rings. The molecule has 0 radical (unpaired) electrons. The quantitative estimate of drug-likeness (QED) is 0.331. The Labute approximate surface area is 194 Å². The fourth-order valence-electron chi connectivity index (χ4n) is 1.95. The van der Waals surface area contributed by atoms with Gasteiger partial charge < -0.3 is 0 Å². The van der Waals surface area contributed by atoms with Crippen LogP contribution in [0, 0.1) is 46.9 Å². The molecule has 180 valence electrons. The average Bonchev–Trinajstić information content (AvgIpc) is 2.49. The molecule has 0 aliphatic heterocycles. The third-order valence-corrected chi connectivity index (χ3v) is 3.04. The van der Waals surface area contributed by atoms with Gasteiger partial charge in [-0.15, -0.1) is 24.2 Å². The highest BCUT2D eigenvalue weighted by molar-refractivity contribution is 5.09. The summed E-state index contributed by atoms with van der Waals surface area (Å²) in [5, 5.41) is 0. The van der Waals surface area contributed by atoms with Crippen LogP contribution in [0.4, 0.5) is 8.78 Å². The van der Waals surface area contributed by atoms with E-state index < -0.39 is 5.92 Å². The van der Waals surface area contributed by atoms with E-state index in [1.165, 1.54) is 25.7 Å². The minimum absolute atomic E-state index is 0.0556. The molecule has 2 heteroatoms. The molecule has 0 aromatic heterocycles. The SMILES string of the molecule is C#CC.C1#CCCCCCC1.CC(C)(C)C.CC(C)(C)C.FC1(F)C#CCCCCC1. The topological polar surface area (TPSA) is 0 Å². The van der Waals surface area contributed by atoms with Crippen LogP contribution in [-0.4, -0.2) is 5.92 Å². The van der Waals surface area contributed by atoms with Gasteiger partial charge >= 0.3 is 5.92 Å². The maximum Gasteiger partial charge on any atom is 0.308 e. The third-order valence-electron chi connectivity index (χ3n) is 3.04. The standard InChI is InChI=1S/C8H10F2.C8H12.2C5H12.C3H4/c9-8(10)6-4-2-1-3-5-7-8;1-2-4-6-8-7-5-3-1;2*1-5(2,3)4;1-3-2/h1-4,6H2;1-6H2;2*1-4H3;1H,2H3. The molecule has 0 N–H and O–H groups in total. The molecule has 0 atom stereocenters. The number of rotatable bonds is 0. The van der Waals surface area contributed by atoms with Crippen LogP contribution in [0.25, 0.3) is 0 Å². The van der Waals surface area contributed by atoms with Crippen molar-refractivity contribution in [1.82, 2.24) is 0 Å². The van der Waals surface area contributed by atoms with Crippen LogP contribution >= 0.6 is 0 Å². The molecule has 0 saturated carbocycles. The molecule has 0 amide bonds. The van der Waals surface area contributed by atoms with E-state index >= 15 is 0 Å². The first kappa shape index (κ1) is 34.2. The smallest absolute Gasteiger partial charge is 0.192 e. The summed E-state index contributed by atoms with van der Waals surface area (Å²) < 4.78 is 24.9. The van der Waals surface area contributed by atoms with Crippen molar-refractivity contribution in [3.05, 3.63) is 0 Å². The summed E-state index contributed by atoms with van der Waals surface area (Å²) in [7, 11) is 0. The Hall–Kier alpha value is -1.46. The van der Waals surface area contributed by atoms with Crippen LogP contribution in [0.2, 0.25) is 0 Å². The van der Waals surface area contributed by atoms with Gasteiger partial charge in [0.25, 0.3) is 0 Å². The zero-order chi connectivity index (χ0) is 24.8. The molecule has 0 nitrogen and oxygen atoms in total. The van der Waals surface area contributed by atoms with E-state index in [9.17, 15) is 8.78 Å². The van der Waals surface area contributed by atoms with Gasteiger partial charge in [-0.2, -0.15) is 8.78 Å². The van der Waals surface area contributed by atoms with Gasteiger partial charge in [-0.3, -0.25) is 0 Å². The highest BCUT2D eigenvalue weighted by Gasteiger charge is 2.25. The summed E-state index contributed by atoms with van der Waals surface area (Å²) in [6.07, 6.45) is 15.4. The molecule has 31 heavy (non-hydrogen) atoms. The largest absolute Gasteiger partial charge is 0.308 e. The molecule has 0 saturated heterocycles. The Morgan fingerprint density at radius 2 is 0.935 bits per heavy atom. The van der Waals surface area contributed by atoms with E-state index in [0.717, 1.165) is 25.7 Å². The lowest BCUT2D eigenvalue weighted by Gasteiger charge is -2.09. The van der Waals surface area contributed by atoms with Gasteiger partial charge in [-0.05, 0) is 49.4 Å². The van der Waals surface area contributed by atoms with E-state index in [-0.39, 0.29) is 6.42 Å². The van der Waals surface area contributed by atoms with Gasteiger partial charge in [0.1, 0.15) is 0 Å². The van der Waals surface area contributed by atoms with Crippen LogP contribution in [-0.2, 0) is 0 Å². The first-order valence-electron chi connectivity index (χ1n) is 11.8. The number of alkyl halides is 2. The third kappa shape index (κ3) is 58.5. The van der Waals surface area contributed by atoms with Crippen molar-refractivity contribution in [2.75, 3.05) is 0 Å². The van der Waals surface area contributed by atoms with Crippen LogP contribution in [0.1, 0.15) is 133 Å². The summed E-state index contributed by atoms with van der Waals surface area (Å²) >= 11 is 0. The van der Waals surface area contributed by atoms with Crippen LogP contribution in [0.15, 0.2) is 0 Å². The molecule has 2 aliphatic rings. The first-order chi connectivity index (χ1) is 14.1. The van der Waals surface area contributed by atoms with Crippen molar-refractivity contribution in [2.24, 2.45) is 10.8 Å². The molecule has 0 unspecified atom stereocenters. The lowest BCUT2D eigenvalue weighted by Crippen LogP contribution is -2.13. The molecule has 0 aromatic carbocycles. The van der Waals surface area contributed by atoms with E-state index in [0.29, 0.717) is 23.7 Å². The molecule has 0 heterocycles. The zero-order valence-corrected chi connectivity index (χ0v) is 22.1. The van der Waals surface area contributed by atoms with Gasteiger partial charge in [0, 0.05) is 25.7 Å². The van der Waals surface area contributed by atoms with Crippen molar-refractivity contribution in [2.45, 2.75) is 139 Å². The lowest BCUT2D eigenvalue weighted by molar-refractivity contribution is 0.0528. The van der Waals surface area contributed by atoms with Gasteiger partial charge in [0.15, 0.2) is 0 Å². The van der Waals surface area contributed by atoms with Crippen molar-refractivity contribution in [3.8, 4) is 36.0 Å². The number of terminal acetylenes is 1. The molecule has 0 bridgehead atoms. The number of halogens is 2. The van der Waals surface area contributed by atoms with Crippen LogP contribution in [0.3, 0.4) is 0 Å². The monoisotopic (exact) mass is 436 g/mol. The lowest BCUT2D eigenvalue weighted by atomic mass is 10.0. The van der Waals surface area contributed by atoms with Gasteiger partial charge in [-0.25, -0.2) is 0 Å². The Bertz CT molecular complexity index is 521. The number of hydrogen-bond acceptors (Lipinski definition) is 0. The van der Waals surface area contributed by atoms with E-state index in [4.69, 9.17) is 0 Å². The summed E-state index contributed by atoms with van der Waals surface area (Å²) in [4.78, 5) is 0. The summed E-state index contributed by atoms with van der Waals surface area (Å²) in [6.45, 7) is 19.2. The second kappa shape index (κ2) is 20.4. The maximum atomic E-state index is 12.5. The van der Waals surface area contributed by atoms with Gasteiger partial charge in [0.05, 0.1) is 0 Å². The van der Waals surface area contributed by atoms with E-state index in [1.807, 2.05) is 5.92 Å². The molecular weight excluding hydrogens is 386 g/mol. The highest BCUT2D eigenvalue weighted by Crippen LogP contribution is 2.22. The minimum Gasteiger partial charge on any atom is -0.192 e. The van der Waals surface area contributed by atoms with Gasteiger partial charge in [-0.1, -0.05) is 80.6 Å². The van der Waals surface area contributed by atoms with Crippen LogP contribution < -0.4 is 0 Å². The van der Waals surface area contributed by atoms with Crippen molar-refractivity contribution in [3.63, 3.8) is 0 Å².